The minimum Gasteiger partial charge on any atom is -0.353 e. The number of guanidine groups is 1. The molecule has 1 aromatic carbocycles. The maximum absolute atomic E-state index is 13.6. The number of benzene rings is 1. The zero-order valence-corrected chi connectivity index (χ0v) is 17.8. The van der Waals surface area contributed by atoms with Gasteiger partial charge in [0.25, 0.3) is 0 Å². The molecule has 1 aromatic rings. The van der Waals surface area contributed by atoms with Gasteiger partial charge in [0.05, 0.1) is 0 Å². The second-order valence-corrected chi connectivity index (χ2v) is 7.14. The number of hydrogen-bond donors (Lipinski definition) is 1. The van der Waals surface area contributed by atoms with E-state index in [1.807, 2.05) is 6.07 Å². The van der Waals surface area contributed by atoms with E-state index >= 15 is 0 Å². The number of nitrogens with one attached hydrogen (secondary N) is 1. The molecule has 1 aliphatic heterocycles. The standard InChI is InChI=1S/C19H27FN4O.HI/c1-23(2)18(25)12-21-19(22-17-5-3-4-6-17)24-10-9-14-7-8-16(20)11-15(14)13-24;/h7-8,11,17H,3-6,9-10,12-13H2,1-2H3,(H,21,22);1H. The van der Waals surface area contributed by atoms with Crippen LogP contribution >= 0.6 is 24.0 Å². The van der Waals surface area contributed by atoms with Crippen LogP contribution in [0.25, 0.3) is 0 Å². The summed E-state index contributed by atoms with van der Waals surface area (Å²) in [5.41, 5.74) is 2.20. The maximum atomic E-state index is 13.6. The van der Waals surface area contributed by atoms with Gasteiger partial charge in [-0.15, -0.1) is 24.0 Å². The molecule has 0 saturated heterocycles. The van der Waals surface area contributed by atoms with E-state index in [9.17, 15) is 9.18 Å². The number of carbonyl (C=O) groups is 1. The van der Waals surface area contributed by atoms with Gasteiger partial charge >= 0.3 is 0 Å². The minimum atomic E-state index is -0.203. The monoisotopic (exact) mass is 474 g/mol. The summed E-state index contributed by atoms with van der Waals surface area (Å²) < 4.78 is 13.6. The predicted molar refractivity (Wildman–Crippen MR) is 112 cm³/mol. The number of halogens is 2. The molecule has 1 fully saturated rings. The molecule has 1 aliphatic carbocycles. The van der Waals surface area contributed by atoms with Crippen molar-refractivity contribution < 1.29 is 9.18 Å². The zero-order chi connectivity index (χ0) is 17.8. The maximum Gasteiger partial charge on any atom is 0.243 e. The van der Waals surface area contributed by atoms with Gasteiger partial charge in [-0.05, 0) is 42.5 Å². The van der Waals surface area contributed by atoms with Crippen molar-refractivity contribution in [2.24, 2.45) is 4.99 Å². The van der Waals surface area contributed by atoms with E-state index in [4.69, 9.17) is 0 Å². The summed E-state index contributed by atoms with van der Waals surface area (Å²) in [6.07, 6.45) is 5.60. The van der Waals surface area contributed by atoms with Gasteiger partial charge in [-0.1, -0.05) is 18.9 Å². The molecule has 1 saturated carbocycles. The molecule has 1 N–H and O–H groups in total. The Kier molecular flexibility index (Phi) is 7.67. The molecular weight excluding hydrogens is 446 g/mol. The molecule has 26 heavy (non-hydrogen) atoms. The van der Waals surface area contributed by atoms with Crippen LogP contribution in [0.1, 0.15) is 36.8 Å². The topological polar surface area (TPSA) is 47.9 Å². The molecule has 0 radical (unpaired) electrons. The summed E-state index contributed by atoms with van der Waals surface area (Å²) in [5.74, 6) is 0.553. The second-order valence-electron chi connectivity index (χ2n) is 7.14. The quantitative estimate of drug-likeness (QED) is 0.417. The van der Waals surface area contributed by atoms with Crippen LogP contribution in [0.2, 0.25) is 0 Å². The van der Waals surface area contributed by atoms with Gasteiger partial charge in [-0.2, -0.15) is 0 Å². The van der Waals surface area contributed by atoms with Crippen LogP contribution in [-0.4, -0.2) is 54.9 Å². The molecule has 0 atom stereocenters. The molecule has 0 bridgehead atoms. The fourth-order valence-electron chi connectivity index (χ4n) is 3.48. The summed E-state index contributed by atoms with van der Waals surface area (Å²) in [5, 5.41) is 3.54. The molecule has 0 unspecified atom stereocenters. The normalized spacial score (nSPS) is 17.5. The third kappa shape index (κ3) is 5.31. The Bertz CT molecular complexity index is 659. The van der Waals surface area contributed by atoms with Crippen LogP contribution in [0.15, 0.2) is 23.2 Å². The Labute approximate surface area is 172 Å². The first-order valence-corrected chi connectivity index (χ1v) is 9.06. The average Bonchev–Trinajstić information content (AvgIpc) is 3.10. The first-order valence-electron chi connectivity index (χ1n) is 9.06. The number of rotatable bonds is 3. The van der Waals surface area contributed by atoms with Crippen LogP contribution in [-0.2, 0) is 17.8 Å². The van der Waals surface area contributed by atoms with E-state index in [-0.39, 0.29) is 42.2 Å². The van der Waals surface area contributed by atoms with E-state index in [0.29, 0.717) is 12.6 Å². The van der Waals surface area contributed by atoms with Crippen molar-refractivity contribution in [2.75, 3.05) is 27.2 Å². The van der Waals surface area contributed by atoms with Gasteiger partial charge in [0.1, 0.15) is 12.4 Å². The van der Waals surface area contributed by atoms with Crippen LogP contribution in [0.4, 0.5) is 4.39 Å². The number of hydrogen-bond acceptors (Lipinski definition) is 2. The number of fused-ring (bicyclic) bond motifs is 1. The lowest BCUT2D eigenvalue weighted by Crippen LogP contribution is -2.47. The SMILES string of the molecule is CN(C)C(=O)CN=C(NC1CCCC1)N1CCc2ccc(F)cc2C1.I. The lowest BCUT2D eigenvalue weighted by molar-refractivity contribution is -0.127. The van der Waals surface area contributed by atoms with Crippen molar-refractivity contribution in [2.45, 2.75) is 44.7 Å². The smallest absolute Gasteiger partial charge is 0.243 e. The Hall–Kier alpha value is -1.38. The van der Waals surface area contributed by atoms with E-state index in [2.05, 4.69) is 15.2 Å². The number of nitrogens with zero attached hydrogens (tertiary/aromatic N) is 3. The molecule has 7 heteroatoms. The van der Waals surface area contributed by atoms with Crippen molar-refractivity contribution in [1.82, 2.24) is 15.1 Å². The fraction of sp³-hybridized carbons (Fsp3) is 0.579. The number of carbonyl (C=O) groups excluding carboxylic acids is 1. The molecule has 0 spiro atoms. The molecule has 0 aromatic heterocycles. The van der Waals surface area contributed by atoms with E-state index in [0.717, 1.165) is 37.3 Å². The molecule has 1 heterocycles. The van der Waals surface area contributed by atoms with Gasteiger partial charge in [0.2, 0.25) is 5.91 Å². The molecule has 3 rings (SSSR count). The fourth-order valence-corrected chi connectivity index (χ4v) is 3.48. The van der Waals surface area contributed by atoms with E-state index in [1.54, 1.807) is 25.1 Å². The Morgan fingerprint density at radius 3 is 2.73 bits per heavy atom. The molecule has 2 aliphatic rings. The Morgan fingerprint density at radius 1 is 1.31 bits per heavy atom. The van der Waals surface area contributed by atoms with Crippen molar-refractivity contribution in [1.29, 1.82) is 0 Å². The molecule has 144 valence electrons. The summed E-state index contributed by atoms with van der Waals surface area (Å²) in [4.78, 5) is 20.2. The highest BCUT2D eigenvalue weighted by atomic mass is 127. The van der Waals surface area contributed by atoms with Gasteiger partial charge in [0.15, 0.2) is 5.96 Å². The first-order chi connectivity index (χ1) is 12.0. The van der Waals surface area contributed by atoms with Crippen LogP contribution < -0.4 is 5.32 Å². The molecule has 1 amide bonds. The summed E-state index contributed by atoms with van der Waals surface area (Å²) in [6.45, 7) is 1.59. The summed E-state index contributed by atoms with van der Waals surface area (Å²) in [6, 6.07) is 5.43. The highest BCUT2D eigenvalue weighted by Gasteiger charge is 2.23. The van der Waals surface area contributed by atoms with E-state index in [1.165, 1.54) is 24.5 Å². The van der Waals surface area contributed by atoms with Gasteiger partial charge in [-0.25, -0.2) is 9.38 Å². The first kappa shape index (κ1) is 20.9. The van der Waals surface area contributed by atoms with Gasteiger partial charge in [-0.3, -0.25) is 4.79 Å². The third-order valence-corrected chi connectivity index (χ3v) is 5.03. The van der Waals surface area contributed by atoms with E-state index < -0.39 is 0 Å². The van der Waals surface area contributed by atoms with Crippen LogP contribution in [0.3, 0.4) is 0 Å². The summed E-state index contributed by atoms with van der Waals surface area (Å²) in [7, 11) is 3.48. The number of likely N-dealkylation sites (N-methyl/N-ethyl adjacent to an activating group) is 1. The van der Waals surface area contributed by atoms with Gasteiger partial charge in [0, 0.05) is 33.2 Å². The van der Waals surface area contributed by atoms with Crippen molar-refractivity contribution in [3.05, 3.63) is 35.1 Å². The highest BCUT2D eigenvalue weighted by Crippen LogP contribution is 2.22. The van der Waals surface area contributed by atoms with Gasteiger partial charge < -0.3 is 15.1 Å². The summed E-state index contributed by atoms with van der Waals surface area (Å²) >= 11 is 0. The lowest BCUT2D eigenvalue weighted by Gasteiger charge is -2.33. The Balaban J connectivity index is 0.00000243. The lowest BCUT2D eigenvalue weighted by atomic mass is 10.00. The number of amides is 1. The number of aliphatic imine (C=N–C) groups is 1. The van der Waals surface area contributed by atoms with Crippen molar-refractivity contribution in [3.63, 3.8) is 0 Å². The predicted octanol–water partition coefficient (Wildman–Crippen LogP) is 2.78. The zero-order valence-electron chi connectivity index (χ0n) is 15.5. The van der Waals surface area contributed by atoms with Crippen molar-refractivity contribution in [3.8, 4) is 0 Å². The van der Waals surface area contributed by atoms with Crippen LogP contribution in [0.5, 0.6) is 0 Å². The third-order valence-electron chi connectivity index (χ3n) is 5.03. The highest BCUT2D eigenvalue weighted by molar-refractivity contribution is 14.0. The molecular formula is C19H28FIN4O. The van der Waals surface area contributed by atoms with Crippen LogP contribution in [0, 0.1) is 5.82 Å². The largest absolute Gasteiger partial charge is 0.353 e. The molecule has 5 nitrogen and oxygen atoms in total. The van der Waals surface area contributed by atoms with Crippen molar-refractivity contribution >= 4 is 35.8 Å². The Morgan fingerprint density at radius 2 is 2.04 bits per heavy atom. The second kappa shape index (κ2) is 9.53. The average molecular weight is 474 g/mol. The minimum absolute atomic E-state index is 0.